The second-order valence-corrected chi connectivity index (χ2v) is 3.60. The van der Waals surface area contributed by atoms with Crippen molar-refractivity contribution in [2.45, 2.75) is 13.8 Å². The fourth-order valence-corrected chi connectivity index (χ4v) is 1.41. The predicted octanol–water partition coefficient (Wildman–Crippen LogP) is 2.49. The molecule has 0 amide bonds. The highest BCUT2D eigenvalue weighted by Crippen LogP contribution is 2.19. The zero-order chi connectivity index (χ0) is 13.5. The van der Waals surface area contributed by atoms with Crippen molar-refractivity contribution in [3.63, 3.8) is 0 Å². The van der Waals surface area contributed by atoms with E-state index in [0.717, 1.165) is 0 Å². The Bertz CT molecular complexity index is 495. The van der Waals surface area contributed by atoms with E-state index in [4.69, 9.17) is 9.47 Å². The highest BCUT2D eigenvalue weighted by atomic mass is 16.5. The second kappa shape index (κ2) is 6.53. The van der Waals surface area contributed by atoms with Crippen LogP contribution in [-0.4, -0.2) is 28.1 Å². The number of hydrogen-bond donors (Lipinski definition) is 1. The largest absolute Gasteiger partial charge is 0.464 e. The Kier molecular flexibility index (Phi) is 4.49. The first-order valence-corrected chi connectivity index (χ1v) is 6.17. The van der Waals surface area contributed by atoms with Gasteiger partial charge in [0.15, 0.2) is 0 Å². The maximum atomic E-state index is 5.57. The summed E-state index contributed by atoms with van der Waals surface area (Å²) < 4.78 is 10.9. The van der Waals surface area contributed by atoms with Crippen molar-refractivity contribution in [3.8, 4) is 17.8 Å². The highest BCUT2D eigenvalue weighted by Gasteiger charge is 2.08. The molecule has 0 aliphatic carbocycles. The van der Waals surface area contributed by atoms with Crippen molar-refractivity contribution >= 4 is 5.95 Å². The molecular weight excluding hydrogens is 244 g/mol. The van der Waals surface area contributed by atoms with E-state index in [1.165, 1.54) is 0 Å². The molecule has 0 spiro atoms. The third-order valence-corrected chi connectivity index (χ3v) is 2.16. The number of hydrogen-bond acceptors (Lipinski definition) is 6. The summed E-state index contributed by atoms with van der Waals surface area (Å²) in [6, 6.07) is 9.79. The fourth-order valence-electron chi connectivity index (χ4n) is 1.41. The quantitative estimate of drug-likeness (QED) is 0.860. The van der Waals surface area contributed by atoms with Gasteiger partial charge in [0.25, 0.3) is 0 Å². The minimum Gasteiger partial charge on any atom is -0.464 e. The molecule has 0 unspecified atom stereocenters. The Balaban J connectivity index is 2.23. The van der Waals surface area contributed by atoms with Crippen molar-refractivity contribution in [1.82, 2.24) is 15.0 Å². The first kappa shape index (κ1) is 13.1. The van der Waals surface area contributed by atoms with Crippen molar-refractivity contribution in [1.29, 1.82) is 0 Å². The first-order chi connectivity index (χ1) is 9.31. The molecule has 0 fully saturated rings. The van der Waals surface area contributed by atoms with E-state index in [-0.39, 0.29) is 12.0 Å². The molecule has 1 aromatic heterocycles. The van der Waals surface area contributed by atoms with Gasteiger partial charge in [0, 0.05) is 6.54 Å². The van der Waals surface area contributed by atoms with Crippen LogP contribution in [0.2, 0.25) is 0 Å². The summed E-state index contributed by atoms with van der Waals surface area (Å²) in [5.41, 5.74) is 0. The van der Waals surface area contributed by atoms with Crippen molar-refractivity contribution in [2.24, 2.45) is 0 Å². The van der Waals surface area contributed by atoms with Crippen molar-refractivity contribution < 1.29 is 9.47 Å². The molecule has 19 heavy (non-hydrogen) atoms. The zero-order valence-electron chi connectivity index (χ0n) is 11.0. The van der Waals surface area contributed by atoms with Crippen LogP contribution in [0.5, 0.6) is 17.8 Å². The monoisotopic (exact) mass is 260 g/mol. The van der Waals surface area contributed by atoms with E-state index < -0.39 is 0 Å². The summed E-state index contributed by atoms with van der Waals surface area (Å²) in [6.45, 7) is 5.02. The Morgan fingerprint density at radius 1 is 1.00 bits per heavy atom. The predicted molar refractivity (Wildman–Crippen MR) is 71.7 cm³/mol. The molecule has 0 saturated heterocycles. The molecule has 1 heterocycles. The van der Waals surface area contributed by atoms with E-state index in [0.29, 0.717) is 24.8 Å². The minimum atomic E-state index is 0.209. The lowest BCUT2D eigenvalue weighted by Crippen LogP contribution is -2.07. The number of para-hydroxylation sites is 1. The van der Waals surface area contributed by atoms with E-state index in [2.05, 4.69) is 20.3 Å². The summed E-state index contributed by atoms with van der Waals surface area (Å²) in [4.78, 5) is 12.4. The standard InChI is InChI=1S/C13H16N4O2/c1-3-14-11-15-12(18-4-2)17-13(16-11)19-10-8-6-5-7-9-10/h5-9H,3-4H2,1-2H3,(H,14,15,16,17). The highest BCUT2D eigenvalue weighted by molar-refractivity contribution is 5.30. The topological polar surface area (TPSA) is 69.2 Å². The second-order valence-electron chi connectivity index (χ2n) is 3.60. The van der Waals surface area contributed by atoms with Crippen LogP contribution in [0, 0.1) is 0 Å². The van der Waals surface area contributed by atoms with Gasteiger partial charge >= 0.3 is 12.0 Å². The van der Waals surface area contributed by atoms with Crippen LogP contribution in [-0.2, 0) is 0 Å². The lowest BCUT2D eigenvalue weighted by atomic mass is 10.3. The van der Waals surface area contributed by atoms with Crippen LogP contribution in [0.1, 0.15) is 13.8 Å². The number of nitrogens with zero attached hydrogens (tertiary/aromatic N) is 3. The van der Waals surface area contributed by atoms with Gasteiger partial charge in [-0.3, -0.25) is 0 Å². The Labute approximate surface area is 111 Å². The van der Waals surface area contributed by atoms with Gasteiger partial charge in [0.2, 0.25) is 5.95 Å². The molecule has 0 bridgehead atoms. The molecule has 0 aliphatic heterocycles. The molecule has 2 aromatic rings. The number of benzene rings is 1. The lowest BCUT2D eigenvalue weighted by Gasteiger charge is -2.08. The number of nitrogens with one attached hydrogen (secondary N) is 1. The lowest BCUT2D eigenvalue weighted by molar-refractivity contribution is 0.304. The van der Waals surface area contributed by atoms with Crippen LogP contribution in [0.3, 0.4) is 0 Å². The SMILES string of the molecule is CCNc1nc(OCC)nc(Oc2ccccc2)n1. The summed E-state index contributed by atoms with van der Waals surface area (Å²) in [7, 11) is 0. The van der Waals surface area contributed by atoms with Gasteiger partial charge in [0.05, 0.1) is 6.61 Å². The third-order valence-electron chi connectivity index (χ3n) is 2.16. The summed E-state index contributed by atoms with van der Waals surface area (Å²) in [5.74, 6) is 1.10. The molecule has 0 aliphatic rings. The normalized spacial score (nSPS) is 10.0. The summed E-state index contributed by atoms with van der Waals surface area (Å²) in [5, 5.41) is 3.01. The molecule has 0 radical (unpaired) electrons. The molecule has 0 atom stereocenters. The third kappa shape index (κ3) is 3.80. The number of anilines is 1. The minimum absolute atomic E-state index is 0.209. The van der Waals surface area contributed by atoms with Crippen molar-refractivity contribution in [3.05, 3.63) is 30.3 Å². The van der Waals surface area contributed by atoms with E-state index in [9.17, 15) is 0 Å². The average Bonchev–Trinajstić information content (AvgIpc) is 2.40. The molecule has 2 rings (SSSR count). The van der Waals surface area contributed by atoms with Crippen LogP contribution >= 0.6 is 0 Å². The fraction of sp³-hybridized carbons (Fsp3) is 0.308. The van der Waals surface area contributed by atoms with Gasteiger partial charge in [0.1, 0.15) is 5.75 Å². The number of rotatable bonds is 6. The molecule has 0 saturated carbocycles. The van der Waals surface area contributed by atoms with Crippen LogP contribution < -0.4 is 14.8 Å². The summed E-state index contributed by atoms with van der Waals surface area (Å²) in [6.07, 6.45) is 0. The average molecular weight is 260 g/mol. The zero-order valence-corrected chi connectivity index (χ0v) is 11.0. The van der Waals surface area contributed by atoms with Crippen LogP contribution in [0.15, 0.2) is 30.3 Å². The molecule has 6 heteroatoms. The van der Waals surface area contributed by atoms with E-state index >= 15 is 0 Å². The molecule has 1 aromatic carbocycles. The number of aromatic nitrogens is 3. The van der Waals surface area contributed by atoms with Crippen LogP contribution in [0.4, 0.5) is 5.95 Å². The Morgan fingerprint density at radius 2 is 1.74 bits per heavy atom. The van der Waals surface area contributed by atoms with Gasteiger partial charge < -0.3 is 14.8 Å². The molecule has 6 nitrogen and oxygen atoms in total. The van der Waals surface area contributed by atoms with Gasteiger partial charge in [-0.2, -0.15) is 9.97 Å². The van der Waals surface area contributed by atoms with E-state index in [1.807, 2.05) is 44.2 Å². The maximum Gasteiger partial charge on any atom is 0.330 e. The summed E-state index contributed by atoms with van der Waals surface area (Å²) >= 11 is 0. The Hall–Kier alpha value is -2.37. The Morgan fingerprint density at radius 3 is 2.42 bits per heavy atom. The van der Waals surface area contributed by atoms with Crippen molar-refractivity contribution in [2.75, 3.05) is 18.5 Å². The molecular formula is C13H16N4O2. The first-order valence-electron chi connectivity index (χ1n) is 6.17. The molecule has 1 N–H and O–H groups in total. The van der Waals surface area contributed by atoms with E-state index in [1.54, 1.807) is 0 Å². The smallest absolute Gasteiger partial charge is 0.330 e. The maximum absolute atomic E-state index is 5.57. The number of ether oxygens (including phenoxy) is 2. The van der Waals surface area contributed by atoms with Gasteiger partial charge in [-0.15, -0.1) is 4.98 Å². The van der Waals surface area contributed by atoms with Gasteiger partial charge in [-0.05, 0) is 26.0 Å². The van der Waals surface area contributed by atoms with Gasteiger partial charge in [-0.25, -0.2) is 0 Å². The van der Waals surface area contributed by atoms with Crippen LogP contribution in [0.25, 0.3) is 0 Å². The molecule has 100 valence electrons. The van der Waals surface area contributed by atoms with Gasteiger partial charge in [-0.1, -0.05) is 18.2 Å².